The third kappa shape index (κ3) is 6.92. The van der Waals surface area contributed by atoms with Crippen LogP contribution in [0.4, 0.5) is 0 Å². The Hall–Kier alpha value is -4.13. The van der Waals surface area contributed by atoms with Gasteiger partial charge in [-0.05, 0) is 90.9 Å². The number of likely N-dealkylation sites (tertiary alicyclic amines) is 2. The number of piperidine rings is 2. The van der Waals surface area contributed by atoms with Gasteiger partial charge >= 0.3 is 0 Å². The third-order valence-electron chi connectivity index (χ3n) is 9.79. The van der Waals surface area contributed by atoms with Crippen LogP contribution >= 0.6 is 0 Å². The van der Waals surface area contributed by atoms with E-state index in [1.54, 1.807) is 14.2 Å². The van der Waals surface area contributed by atoms with Gasteiger partial charge in [0.1, 0.15) is 11.5 Å². The maximum Gasteiger partial charge on any atom is 0.253 e. The van der Waals surface area contributed by atoms with Gasteiger partial charge in [-0.1, -0.05) is 66.7 Å². The number of ether oxygens (including phenoxy) is 2. The van der Waals surface area contributed by atoms with Gasteiger partial charge in [0.15, 0.2) is 0 Å². The molecule has 6 heteroatoms. The Bertz CT molecular complexity index is 1510. The molecule has 2 fully saturated rings. The topological polar surface area (TPSA) is 62.2 Å². The Morgan fingerprint density at radius 3 is 1.93 bits per heavy atom. The summed E-state index contributed by atoms with van der Waals surface area (Å²) in [6.45, 7) is 3.76. The predicted molar refractivity (Wildman–Crippen MR) is 178 cm³/mol. The molecule has 4 aromatic carbocycles. The third-order valence-corrected chi connectivity index (χ3v) is 9.79. The molecule has 0 aliphatic carbocycles. The zero-order chi connectivity index (χ0) is 31.3. The SMILES string of the molecule is COc1ccc(C2(c3ccc(OC)cc3)CCCN(Cc3cccc(C(=O)N4CCC(O)(Cc5ccccc5)CC4)c3)C2)cc1. The highest BCUT2D eigenvalue weighted by Crippen LogP contribution is 2.42. The lowest BCUT2D eigenvalue weighted by Gasteiger charge is -2.44. The van der Waals surface area contributed by atoms with Crippen LogP contribution in [0.2, 0.25) is 0 Å². The average molecular weight is 605 g/mol. The second kappa shape index (κ2) is 13.5. The number of hydrogen-bond donors (Lipinski definition) is 1. The fourth-order valence-corrected chi connectivity index (χ4v) is 7.26. The summed E-state index contributed by atoms with van der Waals surface area (Å²) < 4.78 is 10.9. The molecule has 0 atom stereocenters. The van der Waals surface area contributed by atoms with Crippen LogP contribution in [0.25, 0.3) is 0 Å². The first-order chi connectivity index (χ1) is 21.9. The molecular formula is C39H44N2O4. The number of carbonyl (C=O) groups is 1. The molecule has 0 saturated carbocycles. The molecule has 45 heavy (non-hydrogen) atoms. The summed E-state index contributed by atoms with van der Waals surface area (Å²) in [5, 5.41) is 11.2. The predicted octanol–water partition coefficient (Wildman–Crippen LogP) is 6.50. The van der Waals surface area contributed by atoms with Gasteiger partial charge in [-0.3, -0.25) is 9.69 Å². The van der Waals surface area contributed by atoms with E-state index in [0.29, 0.717) is 32.4 Å². The van der Waals surface area contributed by atoms with Crippen molar-refractivity contribution in [2.24, 2.45) is 0 Å². The molecule has 1 N–H and O–H groups in total. The molecule has 2 aliphatic rings. The van der Waals surface area contributed by atoms with Crippen LogP contribution in [0.5, 0.6) is 11.5 Å². The average Bonchev–Trinajstić information content (AvgIpc) is 3.09. The summed E-state index contributed by atoms with van der Waals surface area (Å²) in [5.41, 5.74) is 4.60. The van der Waals surface area contributed by atoms with E-state index in [1.165, 1.54) is 11.1 Å². The van der Waals surface area contributed by atoms with E-state index in [4.69, 9.17) is 9.47 Å². The van der Waals surface area contributed by atoms with Gasteiger partial charge in [0.05, 0.1) is 19.8 Å². The number of nitrogens with zero attached hydrogens (tertiary/aromatic N) is 2. The molecule has 234 valence electrons. The molecule has 2 heterocycles. The lowest BCUT2D eigenvalue weighted by molar-refractivity contribution is -0.0162. The highest BCUT2D eigenvalue weighted by atomic mass is 16.5. The van der Waals surface area contributed by atoms with Crippen LogP contribution in [-0.2, 0) is 18.4 Å². The van der Waals surface area contributed by atoms with Gasteiger partial charge in [-0.25, -0.2) is 0 Å². The Kier molecular flexibility index (Phi) is 9.24. The van der Waals surface area contributed by atoms with Crippen LogP contribution in [0.1, 0.15) is 58.3 Å². The van der Waals surface area contributed by atoms with Crippen molar-refractivity contribution in [1.82, 2.24) is 9.80 Å². The first kappa shape index (κ1) is 30.9. The molecule has 0 aromatic heterocycles. The van der Waals surface area contributed by atoms with Crippen molar-refractivity contribution in [3.63, 3.8) is 0 Å². The standard InChI is InChI=1S/C39H44N2O4/c1-44-35-16-12-33(13-17-35)39(34-14-18-36(45-2)19-15-34)20-7-23-40(29-39)28-31-10-6-11-32(26-31)37(42)41-24-21-38(43,22-25-41)27-30-8-4-3-5-9-30/h3-6,8-19,26,43H,7,20-25,27-29H2,1-2H3. The van der Waals surface area contributed by atoms with Gasteiger partial charge in [0, 0.05) is 43.6 Å². The number of carbonyl (C=O) groups excluding carboxylic acids is 1. The molecule has 4 aromatic rings. The van der Waals surface area contributed by atoms with Crippen molar-refractivity contribution in [2.45, 2.75) is 49.7 Å². The largest absolute Gasteiger partial charge is 0.497 e. The molecule has 2 aliphatic heterocycles. The summed E-state index contributed by atoms with van der Waals surface area (Å²) in [5.74, 6) is 1.75. The highest BCUT2D eigenvalue weighted by molar-refractivity contribution is 5.94. The molecule has 0 spiro atoms. The van der Waals surface area contributed by atoms with Crippen molar-refractivity contribution in [3.05, 3.63) is 131 Å². The molecule has 6 rings (SSSR count). The van der Waals surface area contributed by atoms with E-state index in [-0.39, 0.29) is 11.3 Å². The lowest BCUT2D eigenvalue weighted by atomic mass is 9.69. The van der Waals surface area contributed by atoms with E-state index in [9.17, 15) is 9.90 Å². The van der Waals surface area contributed by atoms with Crippen molar-refractivity contribution >= 4 is 5.91 Å². The summed E-state index contributed by atoms with van der Waals surface area (Å²) in [4.78, 5) is 18.0. The summed E-state index contributed by atoms with van der Waals surface area (Å²) in [7, 11) is 3.40. The maximum atomic E-state index is 13.6. The minimum Gasteiger partial charge on any atom is -0.497 e. The van der Waals surface area contributed by atoms with Crippen LogP contribution in [0, 0.1) is 0 Å². The van der Waals surface area contributed by atoms with Crippen molar-refractivity contribution in [1.29, 1.82) is 0 Å². The molecule has 2 saturated heterocycles. The molecule has 0 unspecified atom stereocenters. The lowest BCUT2D eigenvalue weighted by Crippen LogP contribution is -2.47. The zero-order valence-electron chi connectivity index (χ0n) is 26.5. The Morgan fingerprint density at radius 2 is 1.33 bits per heavy atom. The number of aliphatic hydroxyl groups is 1. The summed E-state index contributed by atoms with van der Waals surface area (Å²) in [6, 6.07) is 35.2. The van der Waals surface area contributed by atoms with Gasteiger partial charge < -0.3 is 19.5 Å². The van der Waals surface area contributed by atoms with Crippen LogP contribution in [0.3, 0.4) is 0 Å². The summed E-state index contributed by atoms with van der Waals surface area (Å²) in [6.07, 6.45) is 3.90. The molecule has 6 nitrogen and oxygen atoms in total. The number of hydrogen-bond acceptors (Lipinski definition) is 5. The van der Waals surface area contributed by atoms with E-state index in [1.807, 2.05) is 35.2 Å². The van der Waals surface area contributed by atoms with Crippen LogP contribution in [-0.4, -0.2) is 66.8 Å². The number of methoxy groups -OCH3 is 2. The monoisotopic (exact) mass is 604 g/mol. The molecular weight excluding hydrogens is 560 g/mol. The van der Waals surface area contributed by atoms with Crippen LogP contribution < -0.4 is 9.47 Å². The minimum atomic E-state index is -0.769. The van der Waals surface area contributed by atoms with Gasteiger partial charge in [-0.15, -0.1) is 0 Å². The fraction of sp³-hybridized carbons (Fsp3) is 0.359. The number of benzene rings is 4. The van der Waals surface area contributed by atoms with Gasteiger partial charge in [0.25, 0.3) is 5.91 Å². The first-order valence-electron chi connectivity index (χ1n) is 16.1. The van der Waals surface area contributed by atoms with Gasteiger partial charge in [0.2, 0.25) is 0 Å². The Balaban J connectivity index is 1.16. The quantitative estimate of drug-likeness (QED) is 0.237. The van der Waals surface area contributed by atoms with E-state index in [0.717, 1.165) is 60.7 Å². The molecule has 0 radical (unpaired) electrons. The second-order valence-electron chi connectivity index (χ2n) is 12.7. The number of amides is 1. The first-order valence-corrected chi connectivity index (χ1v) is 16.1. The zero-order valence-corrected chi connectivity index (χ0v) is 26.5. The smallest absolute Gasteiger partial charge is 0.253 e. The summed E-state index contributed by atoms with van der Waals surface area (Å²) >= 11 is 0. The van der Waals surface area contributed by atoms with E-state index in [2.05, 4.69) is 77.7 Å². The van der Waals surface area contributed by atoms with Crippen molar-refractivity contribution < 1.29 is 19.4 Å². The van der Waals surface area contributed by atoms with Crippen LogP contribution in [0.15, 0.2) is 103 Å². The second-order valence-corrected chi connectivity index (χ2v) is 12.7. The van der Waals surface area contributed by atoms with Gasteiger partial charge in [-0.2, -0.15) is 0 Å². The normalized spacial score (nSPS) is 17.9. The van der Waals surface area contributed by atoms with E-state index >= 15 is 0 Å². The molecule has 1 amide bonds. The van der Waals surface area contributed by atoms with E-state index < -0.39 is 5.60 Å². The molecule has 0 bridgehead atoms. The fourth-order valence-electron chi connectivity index (χ4n) is 7.26. The van der Waals surface area contributed by atoms with Crippen molar-refractivity contribution in [3.8, 4) is 11.5 Å². The highest BCUT2D eigenvalue weighted by Gasteiger charge is 2.39. The Labute approximate surface area is 267 Å². The van der Waals surface area contributed by atoms with Crippen molar-refractivity contribution in [2.75, 3.05) is 40.4 Å². The minimum absolute atomic E-state index is 0.0445. The Morgan fingerprint density at radius 1 is 0.733 bits per heavy atom. The maximum absolute atomic E-state index is 13.6. The number of rotatable bonds is 9.